The highest BCUT2D eigenvalue weighted by Crippen LogP contribution is 2.30. The van der Waals surface area contributed by atoms with Gasteiger partial charge in [0.2, 0.25) is 41.4 Å². The van der Waals surface area contributed by atoms with Crippen LogP contribution in [0.15, 0.2) is 86.6 Å². The summed E-state index contributed by atoms with van der Waals surface area (Å²) in [6.45, 7) is 30.1. The molecule has 0 aliphatic carbocycles. The molecule has 49 nitrogen and oxygen atoms in total. The van der Waals surface area contributed by atoms with Crippen molar-refractivity contribution in [3.8, 4) is 0 Å². The van der Waals surface area contributed by atoms with Gasteiger partial charge in [-0.1, -0.05) is 66.8 Å². The summed E-state index contributed by atoms with van der Waals surface area (Å²) in [5.41, 5.74) is -3.25. The fraction of sp³-hybridized carbons (Fsp3) is 0.462. The lowest BCUT2D eigenvalue weighted by molar-refractivity contribution is -0.193. The Hall–Kier alpha value is -15.7. The maximum absolute atomic E-state index is 12.2. The average Bonchev–Trinajstić information content (AvgIpc) is 0.772. The van der Waals surface area contributed by atoms with Gasteiger partial charge in [-0.2, -0.15) is 26.3 Å². The molecule has 7 aliphatic rings. The highest BCUT2D eigenvalue weighted by Gasteiger charge is 2.51. The van der Waals surface area contributed by atoms with Gasteiger partial charge in [-0.25, -0.2) is 67.9 Å². The second-order valence-electron chi connectivity index (χ2n) is 26.4. The van der Waals surface area contributed by atoms with Crippen LogP contribution in [0.3, 0.4) is 0 Å². The Bertz CT molecular complexity index is 4740. The number of likely N-dealkylation sites (tertiary alicyclic amines) is 7. The van der Waals surface area contributed by atoms with Crippen LogP contribution < -0.4 is 0 Å². The number of rotatable bonds is 31. The lowest BCUT2D eigenvalue weighted by atomic mass is 10.1. The van der Waals surface area contributed by atoms with Crippen LogP contribution in [0.4, 0.5) is 26.3 Å². The van der Waals surface area contributed by atoms with Crippen molar-refractivity contribution in [2.24, 2.45) is 0 Å². The molecule has 7 saturated heterocycles. The Labute approximate surface area is 746 Å². The summed E-state index contributed by atoms with van der Waals surface area (Å²) >= 11 is 0. The zero-order chi connectivity index (χ0) is 102. The highest BCUT2D eigenvalue weighted by molar-refractivity contribution is 6.07. The van der Waals surface area contributed by atoms with Gasteiger partial charge in [-0.3, -0.25) is 101 Å². The molecule has 8 atom stereocenters. The molecule has 55 heteroatoms. The molecule has 7 fully saturated rings. The van der Waals surface area contributed by atoms with Crippen LogP contribution in [0.5, 0.6) is 0 Å². The number of hydrogen-bond donors (Lipinski definition) is 0. The lowest BCUT2D eigenvalue weighted by Crippen LogP contribution is -2.59. The summed E-state index contributed by atoms with van der Waals surface area (Å²) in [5.74, 6) is -21.2. The van der Waals surface area contributed by atoms with E-state index in [0.717, 1.165) is 49.7 Å². The molecule has 0 aromatic carbocycles. The van der Waals surface area contributed by atoms with E-state index in [1.54, 1.807) is 13.8 Å². The largest absolute Gasteiger partial charge is 0.452 e. The lowest BCUT2D eigenvalue weighted by Gasteiger charge is -2.38. The number of nitrogens with zero attached hydrogens (tertiary/aromatic N) is 7. The summed E-state index contributed by atoms with van der Waals surface area (Å²) in [7, 11) is 0. The van der Waals surface area contributed by atoms with Crippen molar-refractivity contribution < 1.29 is 227 Å². The predicted octanol–water partition coefficient (Wildman–Crippen LogP) is -0.250. The van der Waals surface area contributed by atoms with Crippen molar-refractivity contribution in [3.63, 3.8) is 0 Å². The van der Waals surface area contributed by atoms with E-state index in [2.05, 4.69) is 83.9 Å². The van der Waals surface area contributed by atoms with Gasteiger partial charge in [-0.15, -0.1) is 0 Å². The SMILES string of the molecule is C=C(C(=O)OCC(=O)N1C(=O)CC1OC(=O)CC)C(F)(F)F.C=C(C(=O)OCC(=O)N1C(=O)CC1OC(C)=O)C(F)(F)F.C=C(C)C(=O)OCC(=O)N1C(=O)CC1OC(=O)CC.C=C(C)C(=O)OCC(=O)N1C(=O)CC1OC(C)=O.C=CC(=O)OC(C)C(=O)N1C(=O)CC1OC(C)=O.C=CC(=O)OCC(=O)N1C(=O)CC1OC(=O)CC.C=CC(=O)OCC(=O)N1C(=O)CC1OC(C)=O. The molecule has 7 heterocycles. The van der Waals surface area contributed by atoms with E-state index in [0.29, 0.717) is 9.80 Å². The molecule has 0 bridgehead atoms. The number of carbonyl (C=O) groups excluding carboxylic acids is 28. The number of alkyl halides is 6. The van der Waals surface area contributed by atoms with Crippen molar-refractivity contribution in [1.29, 1.82) is 0 Å². The standard InChI is InChI=1S/C12H12F3NO6.C12H15NO6.C11H10F3NO6.3C11H13NO6.C10H11NO6/c1-3-10(19)22-9-4-7(17)16(9)8(18)5-21-11(20)6(2)12(13,14)15;1-4-11(16)19-10-5-8(14)13(10)9(15)6-18-12(17)7(2)3;1-5(11(12,13)14)10(19)20-4-8(18)15-7(17)3-9(15)21-6(2)16;1-6(2)11(16)17-5-9(15)12-8(14)4-10(12)18-7(3)13;1-4-10(15)17-6(2)11(16)12-8(14)5-9(12)18-7(3)13;1-3-10(15)17-6-8(14)12-7(13)5-9(12)18-11(16)4-2;1-3-10(15)16-5-8(14)11-7(13)4-9(11)17-6(2)12/h9H,2-5H2,1H3;10H,2,4-6H2,1,3H3;9H,1,3-4H2,2H3;10H,1,4-5H2,2-3H3;4,6,9H,1,5H2,2-3H3;3,9H,1,4-6H2,2H3;3,9H,1,4-5H2,2H3. The molecule has 0 radical (unpaired) electrons. The number of amides is 14. The maximum atomic E-state index is 12.2. The van der Waals surface area contributed by atoms with Gasteiger partial charge in [-0.05, 0) is 20.8 Å². The molecule has 0 spiro atoms. The normalized spacial score (nSPS) is 18.0. The average molecular weight is 1910 g/mol. The highest BCUT2D eigenvalue weighted by atomic mass is 19.4. The van der Waals surface area contributed by atoms with Crippen LogP contribution in [-0.4, -0.2) is 302 Å². The Morgan fingerprint density at radius 2 is 0.504 bits per heavy atom. The van der Waals surface area contributed by atoms with Crippen LogP contribution in [0.25, 0.3) is 0 Å². The molecule has 7 rings (SSSR count). The minimum absolute atomic E-state index is 0.0209. The summed E-state index contributed by atoms with van der Waals surface area (Å²) < 4.78 is 137. The monoisotopic (exact) mass is 1910 g/mol. The molecular weight excluding hydrogens is 1820 g/mol. The number of esters is 14. The number of halogens is 6. The smallest absolute Gasteiger partial charge is 0.422 e. The van der Waals surface area contributed by atoms with E-state index in [-0.39, 0.29) is 75.4 Å². The minimum atomic E-state index is -4.98. The molecule has 0 aromatic heterocycles. The van der Waals surface area contributed by atoms with Gasteiger partial charge in [0, 0.05) is 76.3 Å². The Morgan fingerprint density at radius 3 is 0.677 bits per heavy atom. The molecular formula is C78H87F6N7O42. The van der Waals surface area contributed by atoms with E-state index >= 15 is 0 Å². The van der Waals surface area contributed by atoms with Crippen molar-refractivity contribution in [1.82, 2.24) is 34.3 Å². The van der Waals surface area contributed by atoms with Crippen LogP contribution in [-0.2, 0) is 201 Å². The molecule has 0 aromatic rings. The van der Waals surface area contributed by atoms with Crippen LogP contribution in [0.2, 0.25) is 0 Å². The van der Waals surface area contributed by atoms with Crippen molar-refractivity contribution >= 4 is 166 Å². The van der Waals surface area contributed by atoms with Crippen LogP contribution in [0, 0.1) is 0 Å². The van der Waals surface area contributed by atoms with E-state index in [1.807, 2.05) is 0 Å². The van der Waals surface area contributed by atoms with E-state index in [1.165, 1.54) is 48.5 Å². The first-order chi connectivity index (χ1) is 61.6. The zero-order valence-electron chi connectivity index (χ0n) is 72.2. The van der Waals surface area contributed by atoms with Gasteiger partial charge in [0.15, 0.2) is 89.3 Å². The van der Waals surface area contributed by atoms with Crippen LogP contribution in [0.1, 0.15) is 133 Å². The molecule has 728 valence electrons. The first-order valence-corrected chi connectivity index (χ1v) is 37.8. The third-order valence-corrected chi connectivity index (χ3v) is 16.1. The Morgan fingerprint density at radius 1 is 0.316 bits per heavy atom. The topological polar surface area (TPSA) is 630 Å². The van der Waals surface area contributed by atoms with Gasteiger partial charge in [0.25, 0.3) is 41.4 Å². The van der Waals surface area contributed by atoms with Crippen molar-refractivity contribution in [2.45, 2.75) is 195 Å². The second kappa shape index (κ2) is 53.3. The molecule has 133 heavy (non-hydrogen) atoms. The van der Waals surface area contributed by atoms with Gasteiger partial charge >= 0.3 is 95.9 Å². The van der Waals surface area contributed by atoms with E-state index < -0.39 is 279 Å². The number of imide groups is 7. The fourth-order valence-electron chi connectivity index (χ4n) is 9.34. The summed E-state index contributed by atoms with van der Waals surface area (Å²) in [4.78, 5) is 317. The van der Waals surface area contributed by atoms with E-state index in [4.69, 9.17) is 28.4 Å². The summed E-state index contributed by atoms with van der Waals surface area (Å²) in [5, 5.41) is 0. The minimum Gasteiger partial charge on any atom is -0.452 e. The predicted molar refractivity (Wildman–Crippen MR) is 410 cm³/mol. The molecule has 0 N–H and O–H groups in total. The number of ether oxygens (including phenoxy) is 14. The van der Waals surface area contributed by atoms with Gasteiger partial charge in [0.1, 0.15) is 11.1 Å². The maximum Gasteiger partial charge on any atom is 0.422 e. The third-order valence-electron chi connectivity index (χ3n) is 16.1. The fourth-order valence-corrected chi connectivity index (χ4v) is 9.34. The number of hydrogen-bond acceptors (Lipinski definition) is 42. The first kappa shape index (κ1) is 115. The van der Waals surface area contributed by atoms with Crippen molar-refractivity contribution in [3.05, 3.63) is 86.6 Å². The van der Waals surface area contributed by atoms with Crippen molar-refractivity contribution in [2.75, 3.05) is 39.6 Å². The zero-order valence-corrected chi connectivity index (χ0v) is 72.2. The second-order valence-corrected chi connectivity index (χ2v) is 26.4. The molecule has 14 amide bonds. The Balaban J connectivity index is 0.000000777. The quantitative estimate of drug-likeness (QED) is 0.0284. The summed E-state index contributed by atoms with van der Waals surface area (Å²) in [6.07, 6.45) is -15.5. The number of carbonyl (C=O) groups is 28. The third kappa shape index (κ3) is 37.1. The summed E-state index contributed by atoms with van der Waals surface area (Å²) in [6, 6.07) is 0. The Kier molecular flexibility index (Phi) is 46.2. The number of β-lactam (4-membered cyclic amide) rings is 7. The van der Waals surface area contributed by atoms with Crippen LogP contribution >= 0.6 is 0 Å². The van der Waals surface area contributed by atoms with Gasteiger partial charge in [0.05, 0.1) is 44.9 Å². The molecule has 8 unspecified atom stereocenters. The first-order valence-electron chi connectivity index (χ1n) is 37.8. The molecule has 7 aliphatic heterocycles. The van der Waals surface area contributed by atoms with Gasteiger partial charge < -0.3 is 66.3 Å². The molecule has 0 saturated carbocycles. The van der Waals surface area contributed by atoms with E-state index in [9.17, 15) is 161 Å².